The van der Waals surface area contributed by atoms with Gasteiger partial charge in [-0.1, -0.05) is 72.8 Å². The average molecular weight is 329 g/mol. The van der Waals surface area contributed by atoms with E-state index in [4.69, 9.17) is 16.2 Å². The van der Waals surface area contributed by atoms with Crippen molar-refractivity contribution >= 4 is 34.9 Å². The molecule has 0 aliphatic heterocycles. The maximum absolute atomic E-state index is 14.1. The smallest absolute Gasteiger partial charge is 0.174 e. The highest BCUT2D eigenvalue weighted by atomic mass is 35.5. The molecule has 0 saturated carbocycles. The normalized spacial score (nSPS) is 11.1. The number of hydrogen-bond donors (Lipinski definition) is 0. The molecule has 3 aromatic rings. The molecule has 22 heavy (non-hydrogen) atoms. The summed E-state index contributed by atoms with van der Waals surface area (Å²) in [5.74, 6) is 0.417. The minimum Gasteiger partial charge on any atom is -0.385 e. The highest BCUT2D eigenvalue weighted by molar-refractivity contribution is 7.85. The van der Waals surface area contributed by atoms with Crippen LogP contribution < -0.4 is 20.2 Å². The fraction of sp³-hybridized carbons (Fsp3) is 0. The van der Waals surface area contributed by atoms with Crippen LogP contribution in [0.4, 0.5) is 0 Å². The quantitative estimate of drug-likeness (QED) is 0.680. The molecule has 0 N–H and O–H groups in total. The Morgan fingerprint density at radius 3 is 1.64 bits per heavy atom. The maximum Gasteiger partial charge on any atom is 0.174 e. The van der Waals surface area contributed by atoms with Gasteiger partial charge in [0.15, 0.2) is 12.9 Å². The van der Waals surface area contributed by atoms with Gasteiger partial charge in [-0.25, -0.2) is 0 Å². The first-order chi connectivity index (χ1) is 10.8. The summed E-state index contributed by atoms with van der Waals surface area (Å²) < 4.78 is 19.0. The minimum atomic E-state index is -3.04. The largest absolute Gasteiger partial charge is 0.385 e. The van der Waals surface area contributed by atoms with Crippen LogP contribution in [0.2, 0.25) is 0 Å². The van der Waals surface area contributed by atoms with Crippen LogP contribution in [0.15, 0.2) is 84.9 Å². The van der Waals surface area contributed by atoms with Crippen molar-refractivity contribution in [1.29, 1.82) is 0 Å². The van der Waals surface area contributed by atoms with Crippen LogP contribution in [0.3, 0.4) is 0 Å². The summed E-state index contributed by atoms with van der Waals surface area (Å²) in [6, 6.07) is 26.0. The Morgan fingerprint density at radius 1 is 0.682 bits per heavy atom. The summed E-state index contributed by atoms with van der Waals surface area (Å²) in [6.07, 6.45) is 0. The molecular formula is C18H14ClO2P. The second kappa shape index (κ2) is 6.39. The first-order valence-electron chi connectivity index (χ1n) is 6.86. The monoisotopic (exact) mass is 328 g/mol. The van der Waals surface area contributed by atoms with E-state index in [2.05, 4.69) is 0 Å². The molecule has 3 rings (SSSR count). The van der Waals surface area contributed by atoms with Crippen molar-refractivity contribution in [3.8, 4) is 5.75 Å². The summed E-state index contributed by atoms with van der Waals surface area (Å²) in [5, 5.41) is 2.10. The highest BCUT2D eigenvalue weighted by Crippen LogP contribution is 2.45. The standard InChI is InChI=1S/C18H14ClO2P/c19-21-17-13-7-8-14-18(17)22(20,15-9-3-1-4-10-15)16-11-5-2-6-12-16/h1-14H. The van der Waals surface area contributed by atoms with Gasteiger partial charge >= 0.3 is 0 Å². The van der Waals surface area contributed by atoms with Gasteiger partial charge in [0.1, 0.15) is 11.9 Å². The predicted octanol–water partition coefficient (Wildman–Crippen LogP) is 3.86. The highest BCUT2D eigenvalue weighted by Gasteiger charge is 2.32. The zero-order valence-corrected chi connectivity index (χ0v) is 13.4. The Balaban J connectivity index is 2.32. The van der Waals surface area contributed by atoms with Gasteiger partial charge in [0, 0.05) is 10.6 Å². The van der Waals surface area contributed by atoms with E-state index in [-0.39, 0.29) is 0 Å². The molecule has 4 heteroatoms. The lowest BCUT2D eigenvalue weighted by atomic mass is 10.3. The zero-order valence-electron chi connectivity index (χ0n) is 11.7. The summed E-state index contributed by atoms with van der Waals surface area (Å²) in [4.78, 5) is 0. The van der Waals surface area contributed by atoms with Crippen LogP contribution in [-0.2, 0) is 4.57 Å². The van der Waals surface area contributed by atoms with Gasteiger partial charge in [-0.2, -0.15) is 0 Å². The van der Waals surface area contributed by atoms with E-state index in [9.17, 15) is 4.57 Å². The Labute approximate surface area is 134 Å². The van der Waals surface area contributed by atoms with Gasteiger partial charge in [0.2, 0.25) is 0 Å². The molecule has 0 atom stereocenters. The number of benzene rings is 3. The number of rotatable bonds is 4. The molecule has 0 heterocycles. The third kappa shape index (κ3) is 2.56. The predicted molar refractivity (Wildman–Crippen MR) is 92.3 cm³/mol. The Kier molecular flexibility index (Phi) is 4.33. The second-order valence-corrected chi connectivity index (χ2v) is 7.71. The van der Waals surface area contributed by atoms with Crippen molar-refractivity contribution in [3.63, 3.8) is 0 Å². The Bertz CT molecular complexity index is 760. The van der Waals surface area contributed by atoms with Crippen molar-refractivity contribution in [1.82, 2.24) is 0 Å². The van der Waals surface area contributed by atoms with Crippen molar-refractivity contribution in [2.75, 3.05) is 0 Å². The van der Waals surface area contributed by atoms with Crippen LogP contribution >= 0.6 is 19.0 Å². The fourth-order valence-corrected chi connectivity index (χ4v) is 5.44. The van der Waals surface area contributed by atoms with Gasteiger partial charge in [-0.3, -0.25) is 0 Å². The van der Waals surface area contributed by atoms with Crippen molar-refractivity contribution in [2.24, 2.45) is 0 Å². The molecule has 0 saturated heterocycles. The molecule has 0 bridgehead atoms. The maximum atomic E-state index is 14.1. The van der Waals surface area contributed by atoms with E-state index < -0.39 is 7.14 Å². The van der Waals surface area contributed by atoms with Crippen LogP contribution in [0.5, 0.6) is 5.75 Å². The van der Waals surface area contributed by atoms with Crippen molar-refractivity contribution in [3.05, 3.63) is 84.9 Å². The molecule has 0 unspecified atom stereocenters. The molecule has 0 amide bonds. The Morgan fingerprint density at radius 2 is 1.14 bits per heavy atom. The van der Waals surface area contributed by atoms with Gasteiger partial charge in [-0.15, -0.1) is 0 Å². The molecule has 0 fully saturated rings. The van der Waals surface area contributed by atoms with Crippen LogP contribution in [-0.4, -0.2) is 0 Å². The molecule has 0 aromatic heterocycles. The van der Waals surface area contributed by atoms with E-state index >= 15 is 0 Å². The van der Waals surface area contributed by atoms with E-state index in [1.807, 2.05) is 72.8 Å². The van der Waals surface area contributed by atoms with Crippen molar-refractivity contribution < 1.29 is 8.85 Å². The molecule has 2 nitrogen and oxygen atoms in total. The summed E-state index contributed by atoms with van der Waals surface area (Å²) in [7, 11) is -3.04. The Hall–Kier alpha value is -2.02. The zero-order chi connectivity index (χ0) is 15.4. The van der Waals surface area contributed by atoms with Crippen molar-refractivity contribution in [2.45, 2.75) is 0 Å². The van der Waals surface area contributed by atoms with Crippen LogP contribution in [0.1, 0.15) is 0 Å². The van der Waals surface area contributed by atoms with E-state index in [1.54, 1.807) is 12.1 Å². The molecule has 3 aromatic carbocycles. The van der Waals surface area contributed by atoms with Crippen LogP contribution in [0, 0.1) is 0 Å². The molecule has 110 valence electrons. The number of para-hydroxylation sites is 1. The summed E-state index contributed by atoms with van der Waals surface area (Å²) >= 11 is 5.59. The molecule has 0 aliphatic carbocycles. The minimum absolute atomic E-state index is 0.417. The molecule has 0 spiro atoms. The van der Waals surface area contributed by atoms with Gasteiger partial charge in [-0.05, 0) is 12.1 Å². The summed E-state index contributed by atoms with van der Waals surface area (Å²) in [5.41, 5.74) is 0. The topological polar surface area (TPSA) is 26.3 Å². The lowest BCUT2D eigenvalue weighted by molar-refractivity contribution is 0.589. The van der Waals surface area contributed by atoms with Crippen LogP contribution in [0.25, 0.3) is 0 Å². The second-order valence-electron chi connectivity index (χ2n) is 4.83. The lowest BCUT2D eigenvalue weighted by Gasteiger charge is -2.21. The van der Waals surface area contributed by atoms with Gasteiger partial charge in [0.25, 0.3) is 0 Å². The van der Waals surface area contributed by atoms with E-state index in [0.717, 1.165) is 10.6 Å². The fourth-order valence-electron chi connectivity index (χ4n) is 2.49. The first-order valence-corrected chi connectivity index (χ1v) is 8.88. The lowest BCUT2D eigenvalue weighted by Crippen LogP contribution is -2.25. The third-order valence-corrected chi connectivity index (χ3v) is 6.79. The van der Waals surface area contributed by atoms with E-state index in [1.165, 1.54) is 0 Å². The molecular weight excluding hydrogens is 315 g/mol. The van der Waals surface area contributed by atoms with E-state index in [0.29, 0.717) is 11.1 Å². The van der Waals surface area contributed by atoms with Gasteiger partial charge in [0.05, 0.1) is 5.30 Å². The number of halogens is 1. The van der Waals surface area contributed by atoms with Gasteiger partial charge < -0.3 is 8.85 Å². The molecule has 0 aliphatic rings. The molecule has 0 radical (unpaired) electrons. The number of hydrogen-bond acceptors (Lipinski definition) is 2. The third-order valence-electron chi connectivity index (χ3n) is 3.53. The summed E-state index contributed by atoms with van der Waals surface area (Å²) in [6.45, 7) is 0. The first kappa shape index (κ1) is 14.9. The average Bonchev–Trinajstić information content (AvgIpc) is 2.62. The SMILES string of the molecule is O=P(c1ccccc1)(c1ccccc1)c1ccccc1OCl.